The molecule has 1 aromatic carbocycles. The molecule has 2 aliphatic heterocycles. The zero-order chi connectivity index (χ0) is 17.3. The Hall–Kier alpha value is -2.09. The van der Waals surface area contributed by atoms with Crippen LogP contribution in [-0.4, -0.2) is 60.5 Å². The van der Waals surface area contributed by atoms with Crippen molar-refractivity contribution in [1.29, 1.82) is 0 Å². The number of anilines is 1. The number of hydrogen-bond acceptors (Lipinski definition) is 3. The highest BCUT2D eigenvalue weighted by atomic mass is 19.4. The number of amides is 2. The van der Waals surface area contributed by atoms with E-state index in [1.54, 1.807) is 29.2 Å². The second kappa shape index (κ2) is 6.43. The van der Waals surface area contributed by atoms with Crippen molar-refractivity contribution >= 4 is 17.5 Å². The number of nitrogens with zero attached hydrogens (tertiary/aromatic N) is 2. The summed E-state index contributed by atoms with van der Waals surface area (Å²) < 4.78 is 37.3. The molecule has 5 nitrogen and oxygen atoms in total. The van der Waals surface area contributed by atoms with Crippen LogP contribution in [0.15, 0.2) is 24.3 Å². The molecule has 130 valence electrons. The lowest BCUT2D eigenvalue weighted by Gasteiger charge is -2.37. The normalized spacial score (nSPS) is 22.0. The first-order valence-corrected chi connectivity index (χ1v) is 7.80. The topological polar surface area (TPSA) is 52.7 Å². The van der Waals surface area contributed by atoms with Gasteiger partial charge in [-0.25, -0.2) is 0 Å². The largest absolute Gasteiger partial charge is 0.401 e. The van der Waals surface area contributed by atoms with Gasteiger partial charge in [0.2, 0.25) is 11.8 Å². The zero-order valence-corrected chi connectivity index (χ0v) is 13.0. The fourth-order valence-electron chi connectivity index (χ4n) is 3.23. The van der Waals surface area contributed by atoms with Crippen LogP contribution >= 0.6 is 0 Å². The van der Waals surface area contributed by atoms with E-state index < -0.39 is 18.6 Å². The summed E-state index contributed by atoms with van der Waals surface area (Å²) in [6, 6.07) is 7.13. The van der Waals surface area contributed by atoms with Gasteiger partial charge in [-0.3, -0.25) is 14.5 Å². The molecule has 8 heteroatoms. The highest BCUT2D eigenvalue weighted by Crippen LogP contribution is 2.33. The van der Waals surface area contributed by atoms with Crippen molar-refractivity contribution in [2.45, 2.75) is 18.5 Å². The quantitative estimate of drug-likeness (QED) is 0.893. The molecule has 0 radical (unpaired) electrons. The maximum Gasteiger partial charge on any atom is 0.401 e. The molecule has 0 spiro atoms. The summed E-state index contributed by atoms with van der Waals surface area (Å²) in [5.41, 5.74) is 1.39. The Balaban J connectivity index is 1.67. The molecule has 0 bridgehead atoms. The van der Waals surface area contributed by atoms with E-state index in [0.717, 1.165) is 5.56 Å². The maximum absolute atomic E-state index is 12.8. The van der Waals surface area contributed by atoms with Gasteiger partial charge in [0, 0.05) is 38.3 Å². The second-order valence-electron chi connectivity index (χ2n) is 6.11. The van der Waals surface area contributed by atoms with E-state index in [0.29, 0.717) is 5.69 Å². The van der Waals surface area contributed by atoms with Gasteiger partial charge in [0.15, 0.2) is 0 Å². The summed E-state index contributed by atoms with van der Waals surface area (Å²) in [7, 11) is 0. The molecule has 0 aliphatic carbocycles. The predicted octanol–water partition coefficient (Wildman–Crippen LogP) is 1.82. The molecule has 2 aliphatic rings. The van der Waals surface area contributed by atoms with Gasteiger partial charge >= 0.3 is 6.18 Å². The van der Waals surface area contributed by atoms with Crippen LogP contribution in [-0.2, 0) is 9.59 Å². The lowest BCUT2D eigenvalue weighted by atomic mass is 9.89. The third kappa shape index (κ3) is 3.69. The van der Waals surface area contributed by atoms with Crippen LogP contribution in [0.25, 0.3) is 0 Å². The van der Waals surface area contributed by atoms with Gasteiger partial charge in [-0.15, -0.1) is 0 Å². The first-order valence-electron chi connectivity index (χ1n) is 7.80. The fraction of sp³-hybridized carbons (Fsp3) is 0.500. The van der Waals surface area contributed by atoms with Gasteiger partial charge in [-0.1, -0.05) is 18.2 Å². The Morgan fingerprint density at radius 2 is 1.83 bits per heavy atom. The van der Waals surface area contributed by atoms with Crippen molar-refractivity contribution < 1.29 is 22.8 Å². The molecule has 1 fully saturated rings. The smallest absolute Gasteiger partial charge is 0.340 e. The Morgan fingerprint density at radius 1 is 1.17 bits per heavy atom. The molecular formula is C16H18F3N3O2. The van der Waals surface area contributed by atoms with E-state index in [-0.39, 0.29) is 44.4 Å². The van der Waals surface area contributed by atoms with Gasteiger partial charge in [0.25, 0.3) is 0 Å². The van der Waals surface area contributed by atoms with E-state index >= 15 is 0 Å². The third-order valence-electron chi connectivity index (χ3n) is 4.38. The van der Waals surface area contributed by atoms with Crippen LogP contribution in [0.4, 0.5) is 18.9 Å². The number of carbonyl (C=O) groups excluding carboxylic acids is 2. The van der Waals surface area contributed by atoms with Crippen molar-refractivity contribution in [2.75, 3.05) is 38.0 Å². The van der Waals surface area contributed by atoms with Gasteiger partial charge in [-0.05, 0) is 11.6 Å². The maximum atomic E-state index is 12.8. The highest BCUT2D eigenvalue weighted by Gasteiger charge is 2.36. The number of benzene rings is 1. The molecule has 1 aromatic rings. The van der Waals surface area contributed by atoms with Crippen molar-refractivity contribution in [2.24, 2.45) is 0 Å². The Kier molecular flexibility index (Phi) is 4.49. The number of alkyl halides is 3. The lowest BCUT2D eigenvalue weighted by molar-refractivity contribution is -0.152. The van der Waals surface area contributed by atoms with Crippen LogP contribution < -0.4 is 5.32 Å². The van der Waals surface area contributed by atoms with E-state index in [2.05, 4.69) is 5.32 Å². The summed E-state index contributed by atoms with van der Waals surface area (Å²) in [6.07, 6.45) is -4.16. The third-order valence-corrected chi connectivity index (χ3v) is 4.38. The Bertz CT molecular complexity index is 640. The fourth-order valence-corrected chi connectivity index (χ4v) is 3.23. The minimum Gasteiger partial charge on any atom is -0.340 e. The SMILES string of the molecule is O=C1CC(C(=O)N2CCN(CC(F)(F)F)CC2)c2ccccc2N1. The minimum atomic E-state index is -4.23. The number of halogens is 3. The van der Waals surface area contributed by atoms with Crippen molar-refractivity contribution in [3.8, 4) is 0 Å². The average Bonchev–Trinajstić information content (AvgIpc) is 2.52. The Labute approximate surface area is 137 Å². The molecule has 24 heavy (non-hydrogen) atoms. The monoisotopic (exact) mass is 341 g/mol. The number of piperazine rings is 1. The van der Waals surface area contributed by atoms with Crippen LogP contribution in [0.5, 0.6) is 0 Å². The van der Waals surface area contributed by atoms with E-state index in [9.17, 15) is 22.8 Å². The molecule has 1 unspecified atom stereocenters. The summed E-state index contributed by atoms with van der Waals surface area (Å²) in [5, 5.41) is 2.74. The molecular weight excluding hydrogens is 323 g/mol. The molecule has 3 rings (SSSR count). The second-order valence-corrected chi connectivity index (χ2v) is 6.11. The predicted molar refractivity (Wildman–Crippen MR) is 81.5 cm³/mol. The highest BCUT2D eigenvalue weighted by molar-refractivity contribution is 6.01. The molecule has 2 amide bonds. The van der Waals surface area contributed by atoms with Crippen LogP contribution in [0, 0.1) is 0 Å². The van der Waals surface area contributed by atoms with E-state index in [4.69, 9.17) is 0 Å². The zero-order valence-electron chi connectivity index (χ0n) is 13.0. The molecule has 0 aromatic heterocycles. The number of hydrogen-bond donors (Lipinski definition) is 1. The number of fused-ring (bicyclic) bond motifs is 1. The number of carbonyl (C=O) groups is 2. The van der Waals surface area contributed by atoms with E-state index in [1.807, 2.05) is 0 Å². The van der Waals surface area contributed by atoms with Crippen LogP contribution in [0.3, 0.4) is 0 Å². The molecule has 1 N–H and O–H groups in total. The standard InChI is InChI=1S/C16H18F3N3O2/c17-16(18,19)10-21-5-7-22(8-6-21)15(24)12-9-14(23)20-13-4-2-1-3-11(12)13/h1-4,12H,5-10H2,(H,20,23). The summed E-state index contributed by atoms with van der Waals surface area (Å²) in [5.74, 6) is -0.976. The first kappa shape index (κ1) is 16.8. The lowest BCUT2D eigenvalue weighted by Crippen LogP contribution is -2.52. The van der Waals surface area contributed by atoms with E-state index in [1.165, 1.54) is 4.90 Å². The van der Waals surface area contributed by atoms with Crippen LogP contribution in [0.2, 0.25) is 0 Å². The molecule has 1 saturated heterocycles. The minimum absolute atomic E-state index is 0.0681. The number of para-hydroxylation sites is 1. The number of rotatable bonds is 2. The van der Waals surface area contributed by atoms with Gasteiger partial charge in [-0.2, -0.15) is 13.2 Å². The van der Waals surface area contributed by atoms with Crippen molar-refractivity contribution in [3.05, 3.63) is 29.8 Å². The number of nitrogens with one attached hydrogen (secondary N) is 1. The summed E-state index contributed by atoms with van der Waals surface area (Å²) in [4.78, 5) is 27.4. The summed E-state index contributed by atoms with van der Waals surface area (Å²) in [6.45, 7) is -0.0915. The van der Waals surface area contributed by atoms with Gasteiger partial charge < -0.3 is 10.2 Å². The molecule has 2 heterocycles. The van der Waals surface area contributed by atoms with Crippen molar-refractivity contribution in [1.82, 2.24) is 9.80 Å². The molecule has 1 atom stereocenters. The molecule has 0 saturated carbocycles. The van der Waals surface area contributed by atoms with Gasteiger partial charge in [0.05, 0.1) is 12.5 Å². The van der Waals surface area contributed by atoms with Gasteiger partial charge in [0.1, 0.15) is 0 Å². The Morgan fingerprint density at radius 3 is 2.50 bits per heavy atom. The summed E-state index contributed by atoms with van der Waals surface area (Å²) >= 11 is 0. The van der Waals surface area contributed by atoms with Crippen LogP contribution in [0.1, 0.15) is 17.9 Å². The van der Waals surface area contributed by atoms with Crippen molar-refractivity contribution in [3.63, 3.8) is 0 Å². The average molecular weight is 341 g/mol. The first-order chi connectivity index (χ1) is 11.3.